The Morgan fingerprint density at radius 1 is 1.43 bits per heavy atom. The third kappa shape index (κ3) is 1.77. The summed E-state index contributed by atoms with van der Waals surface area (Å²) in [4.78, 5) is 6.52. The molecule has 2 nitrogen and oxygen atoms in total. The van der Waals surface area contributed by atoms with E-state index in [1.165, 1.54) is 0 Å². The first-order chi connectivity index (χ1) is 6.70. The number of rotatable bonds is 2. The highest BCUT2D eigenvalue weighted by atomic mass is 79.9. The Balaban J connectivity index is 2.38. The van der Waals surface area contributed by atoms with E-state index in [0.29, 0.717) is 0 Å². The second kappa shape index (κ2) is 4.10. The molecule has 0 saturated heterocycles. The number of hydrogen-bond acceptors (Lipinski definition) is 4. The van der Waals surface area contributed by atoms with Gasteiger partial charge in [0, 0.05) is 14.2 Å². The van der Waals surface area contributed by atoms with E-state index >= 15 is 0 Å². The largest absolute Gasteiger partial charge is 0.319 e. The molecule has 0 aliphatic rings. The third-order valence-corrected chi connectivity index (χ3v) is 4.96. The molecule has 2 aromatic rings. The summed E-state index contributed by atoms with van der Waals surface area (Å²) in [6.07, 6.45) is 0. The van der Waals surface area contributed by atoms with Crippen LogP contribution in [0, 0.1) is 6.92 Å². The number of thiophene rings is 1. The van der Waals surface area contributed by atoms with Crippen LogP contribution in [0.1, 0.15) is 21.5 Å². The van der Waals surface area contributed by atoms with Crippen molar-refractivity contribution < 1.29 is 0 Å². The molecule has 0 spiro atoms. The highest BCUT2D eigenvalue weighted by Crippen LogP contribution is 2.34. The molecule has 0 aliphatic heterocycles. The summed E-state index contributed by atoms with van der Waals surface area (Å²) in [6, 6.07) is 1.98. The van der Waals surface area contributed by atoms with Crippen LogP contribution >= 0.6 is 38.6 Å². The van der Waals surface area contributed by atoms with Crippen LogP contribution in [0.4, 0.5) is 0 Å². The zero-order valence-electron chi connectivity index (χ0n) is 7.53. The van der Waals surface area contributed by atoms with Gasteiger partial charge >= 0.3 is 0 Å². The Kier molecular flexibility index (Phi) is 3.02. The van der Waals surface area contributed by atoms with Gasteiger partial charge in [0.1, 0.15) is 0 Å². The Morgan fingerprint density at radius 2 is 2.21 bits per heavy atom. The van der Waals surface area contributed by atoms with Crippen molar-refractivity contribution >= 4 is 38.6 Å². The number of aromatic nitrogens is 1. The Morgan fingerprint density at radius 3 is 2.71 bits per heavy atom. The second-order valence-electron chi connectivity index (χ2n) is 2.91. The minimum absolute atomic E-state index is 0.0446. The first-order valence-corrected chi connectivity index (χ1v) is 6.64. The van der Waals surface area contributed by atoms with Gasteiger partial charge in [-0.3, -0.25) is 0 Å². The fourth-order valence-electron chi connectivity index (χ4n) is 1.26. The molecule has 2 aromatic heterocycles. The molecule has 2 heterocycles. The SMILES string of the molecule is Cc1ncsc1C(N)c1sccc1Br. The van der Waals surface area contributed by atoms with Gasteiger partial charge in [0.2, 0.25) is 0 Å². The molecule has 0 bridgehead atoms. The normalized spacial score (nSPS) is 13.1. The maximum absolute atomic E-state index is 6.16. The van der Waals surface area contributed by atoms with Crippen molar-refractivity contribution in [3.8, 4) is 0 Å². The molecular formula is C9H9BrN2S2. The van der Waals surface area contributed by atoms with Gasteiger partial charge in [0.25, 0.3) is 0 Å². The molecule has 0 aliphatic carbocycles. The molecule has 1 unspecified atom stereocenters. The Hall–Kier alpha value is -0.230. The van der Waals surface area contributed by atoms with E-state index in [9.17, 15) is 0 Å². The first-order valence-electron chi connectivity index (χ1n) is 4.08. The fraction of sp³-hybridized carbons (Fsp3) is 0.222. The van der Waals surface area contributed by atoms with E-state index < -0.39 is 0 Å². The summed E-state index contributed by atoms with van der Waals surface area (Å²) < 4.78 is 1.09. The van der Waals surface area contributed by atoms with Crippen molar-refractivity contribution in [2.75, 3.05) is 0 Å². The van der Waals surface area contributed by atoms with Gasteiger partial charge in [-0.2, -0.15) is 0 Å². The van der Waals surface area contributed by atoms with E-state index in [4.69, 9.17) is 5.73 Å². The summed E-state index contributed by atoms with van der Waals surface area (Å²) in [5.74, 6) is 0. The summed E-state index contributed by atoms with van der Waals surface area (Å²) in [6.45, 7) is 1.99. The number of thiazole rings is 1. The molecule has 0 aromatic carbocycles. The Bertz CT molecular complexity index is 395. The first kappa shape index (κ1) is 10.3. The lowest BCUT2D eigenvalue weighted by atomic mass is 10.2. The monoisotopic (exact) mass is 288 g/mol. The van der Waals surface area contributed by atoms with Crippen molar-refractivity contribution in [3.63, 3.8) is 0 Å². The predicted molar refractivity (Wildman–Crippen MR) is 64.9 cm³/mol. The van der Waals surface area contributed by atoms with Crippen molar-refractivity contribution in [1.29, 1.82) is 0 Å². The van der Waals surface area contributed by atoms with Crippen LogP contribution in [0.25, 0.3) is 0 Å². The maximum Gasteiger partial charge on any atom is 0.0798 e. The minimum Gasteiger partial charge on any atom is -0.319 e. The van der Waals surface area contributed by atoms with Gasteiger partial charge < -0.3 is 5.73 Å². The molecule has 0 amide bonds. The molecule has 0 saturated carbocycles. The number of hydrogen-bond donors (Lipinski definition) is 1. The van der Waals surface area contributed by atoms with Gasteiger partial charge in [-0.15, -0.1) is 22.7 Å². The van der Waals surface area contributed by atoms with Crippen molar-refractivity contribution in [1.82, 2.24) is 4.98 Å². The lowest BCUT2D eigenvalue weighted by molar-refractivity contribution is 0.894. The molecule has 14 heavy (non-hydrogen) atoms. The van der Waals surface area contributed by atoms with Crippen LogP contribution in [0.15, 0.2) is 21.4 Å². The molecule has 0 fully saturated rings. The van der Waals surface area contributed by atoms with Crippen LogP contribution in [0.3, 0.4) is 0 Å². The van der Waals surface area contributed by atoms with Crippen molar-refractivity contribution in [2.45, 2.75) is 13.0 Å². The summed E-state index contributed by atoms with van der Waals surface area (Å²) in [5.41, 5.74) is 9.03. The highest BCUT2D eigenvalue weighted by Gasteiger charge is 2.17. The van der Waals surface area contributed by atoms with E-state index in [-0.39, 0.29) is 6.04 Å². The number of nitrogens with zero attached hydrogens (tertiary/aromatic N) is 1. The van der Waals surface area contributed by atoms with Crippen LogP contribution < -0.4 is 5.73 Å². The Labute approximate surface area is 98.9 Å². The van der Waals surface area contributed by atoms with Gasteiger partial charge in [-0.1, -0.05) is 0 Å². The smallest absolute Gasteiger partial charge is 0.0798 e. The summed E-state index contributed by atoms with van der Waals surface area (Å²) in [7, 11) is 0. The molecule has 74 valence electrons. The lowest BCUT2D eigenvalue weighted by Crippen LogP contribution is -2.10. The van der Waals surface area contributed by atoms with Crippen LogP contribution in [-0.2, 0) is 0 Å². The van der Waals surface area contributed by atoms with E-state index in [1.54, 1.807) is 22.7 Å². The van der Waals surface area contributed by atoms with Gasteiger partial charge in [-0.05, 0) is 34.3 Å². The predicted octanol–water partition coefficient (Wildman–Crippen LogP) is 3.32. The quantitative estimate of drug-likeness (QED) is 0.921. The van der Waals surface area contributed by atoms with Gasteiger partial charge in [-0.25, -0.2) is 4.98 Å². The van der Waals surface area contributed by atoms with Crippen LogP contribution in [0.5, 0.6) is 0 Å². The average Bonchev–Trinajstić information content (AvgIpc) is 2.73. The lowest BCUT2D eigenvalue weighted by Gasteiger charge is -2.08. The molecule has 1 atom stereocenters. The van der Waals surface area contributed by atoms with Crippen molar-refractivity contribution in [2.24, 2.45) is 5.73 Å². The summed E-state index contributed by atoms with van der Waals surface area (Å²) >= 11 is 6.78. The van der Waals surface area contributed by atoms with E-state index in [1.807, 2.05) is 23.9 Å². The van der Waals surface area contributed by atoms with E-state index in [0.717, 1.165) is 19.9 Å². The van der Waals surface area contributed by atoms with E-state index in [2.05, 4.69) is 20.9 Å². The second-order valence-corrected chi connectivity index (χ2v) is 5.60. The zero-order chi connectivity index (χ0) is 10.1. The topological polar surface area (TPSA) is 38.9 Å². The van der Waals surface area contributed by atoms with Gasteiger partial charge in [0.05, 0.1) is 17.2 Å². The zero-order valence-corrected chi connectivity index (χ0v) is 10.7. The van der Waals surface area contributed by atoms with Crippen LogP contribution in [0.2, 0.25) is 0 Å². The highest BCUT2D eigenvalue weighted by molar-refractivity contribution is 9.10. The third-order valence-electron chi connectivity index (χ3n) is 1.99. The van der Waals surface area contributed by atoms with Gasteiger partial charge in [0.15, 0.2) is 0 Å². The maximum atomic E-state index is 6.16. The molecular weight excluding hydrogens is 280 g/mol. The standard InChI is InChI=1S/C9H9BrN2S2/c1-5-8(14-4-12-5)7(11)9-6(10)2-3-13-9/h2-4,7H,11H2,1H3. The summed E-state index contributed by atoms with van der Waals surface area (Å²) in [5, 5.41) is 2.04. The van der Waals surface area contributed by atoms with Crippen molar-refractivity contribution in [3.05, 3.63) is 36.9 Å². The minimum atomic E-state index is -0.0446. The number of nitrogens with two attached hydrogens (primary N) is 1. The number of halogens is 1. The molecule has 5 heteroatoms. The number of aryl methyl sites for hydroxylation is 1. The molecule has 2 rings (SSSR count). The fourth-order valence-corrected chi connectivity index (χ4v) is 3.77. The average molecular weight is 289 g/mol. The van der Waals surface area contributed by atoms with Crippen LogP contribution in [-0.4, -0.2) is 4.98 Å². The molecule has 2 N–H and O–H groups in total. The molecule has 0 radical (unpaired) electrons.